The highest BCUT2D eigenvalue weighted by Crippen LogP contribution is 2.13. The molecule has 2 aromatic carbocycles. The van der Waals surface area contributed by atoms with Crippen molar-refractivity contribution in [2.45, 2.75) is 115 Å². The van der Waals surface area contributed by atoms with Crippen LogP contribution in [0.2, 0.25) is 0 Å². The minimum atomic E-state index is -1.88. The van der Waals surface area contributed by atoms with Crippen LogP contribution in [0.3, 0.4) is 0 Å². The zero-order valence-electron chi connectivity index (χ0n) is 35.2. The van der Waals surface area contributed by atoms with Gasteiger partial charge in [0.25, 0.3) is 0 Å². The molecule has 0 spiro atoms. The SMILES string of the molecule is CC(=O)N[C@@H](Cc1ccc(O)cc1)C(=O)N[C@H](C(=O)N[C@@H](CC(C)C)C(=O)N[C@@H](CC(=O)O)C(=O)N[C@@H](C)C(=O)N[C@@H](CC(=O)O)C(=O)N[C@@H](Cc1ccccc1)C(=O)O)[C@H](C)O. The molecule has 0 aliphatic heterocycles. The van der Waals surface area contributed by atoms with Crippen LogP contribution in [-0.2, 0) is 60.8 Å². The Hall–Kier alpha value is -7.10. The van der Waals surface area contributed by atoms with Gasteiger partial charge < -0.3 is 62.8 Å². The lowest BCUT2D eigenvalue weighted by molar-refractivity contribution is -0.143. The molecule has 8 atom stereocenters. The fourth-order valence-electron chi connectivity index (χ4n) is 5.98. The van der Waals surface area contributed by atoms with Crippen molar-refractivity contribution in [2.24, 2.45) is 5.92 Å². The average Bonchev–Trinajstić information content (AvgIpc) is 3.18. The molecule has 22 nitrogen and oxygen atoms in total. The lowest BCUT2D eigenvalue weighted by atomic mass is 10.0. The van der Waals surface area contributed by atoms with Gasteiger partial charge in [0.05, 0.1) is 18.9 Å². The predicted octanol–water partition coefficient (Wildman–Crippen LogP) is -1.93. The van der Waals surface area contributed by atoms with E-state index in [0.717, 1.165) is 13.8 Å². The Kier molecular flexibility index (Phi) is 20.6. The van der Waals surface area contributed by atoms with Gasteiger partial charge in [0.15, 0.2) is 0 Å². The van der Waals surface area contributed by atoms with E-state index < -0.39 is 120 Å². The maximum atomic E-state index is 13.6. The molecule has 0 heterocycles. The van der Waals surface area contributed by atoms with E-state index in [1.54, 1.807) is 44.2 Å². The molecule has 344 valence electrons. The summed E-state index contributed by atoms with van der Waals surface area (Å²) in [6, 6.07) is 2.68. The summed E-state index contributed by atoms with van der Waals surface area (Å²) in [6.07, 6.45) is -3.95. The van der Waals surface area contributed by atoms with E-state index in [1.165, 1.54) is 31.2 Å². The van der Waals surface area contributed by atoms with Gasteiger partial charge in [-0.25, -0.2) is 4.79 Å². The molecule has 2 aromatic rings. The molecule has 7 amide bonds. The number of phenolic OH excluding ortho intramolecular Hbond substituents is 1. The molecule has 0 aliphatic carbocycles. The number of carbonyl (C=O) groups excluding carboxylic acids is 7. The predicted molar refractivity (Wildman–Crippen MR) is 220 cm³/mol. The van der Waals surface area contributed by atoms with Gasteiger partial charge in [-0.15, -0.1) is 0 Å². The van der Waals surface area contributed by atoms with Gasteiger partial charge >= 0.3 is 17.9 Å². The first kappa shape index (κ1) is 52.0. The van der Waals surface area contributed by atoms with Crippen LogP contribution in [0.25, 0.3) is 0 Å². The maximum Gasteiger partial charge on any atom is 0.326 e. The van der Waals surface area contributed by atoms with Gasteiger partial charge in [-0.1, -0.05) is 56.3 Å². The van der Waals surface area contributed by atoms with E-state index in [4.69, 9.17) is 0 Å². The van der Waals surface area contributed by atoms with Crippen molar-refractivity contribution in [3.05, 3.63) is 65.7 Å². The molecule has 0 saturated carbocycles. The number of hydrogen-bond donors (Lipinski definition) is 12. The molecule has 0 fully saturated rings. The van der Waals surface area contributed by atoms with Gasteiger partial charge in [0.1, 0.15) is 48.0 Å². The number of phenols is 1. The minimum Gasteiger partial charge on any atom is -0.508 e. The molecule has 0 aliphatic rings. The average molecular weight is 886 g/mol. The number of carboxylic acid groups (broad SMARTS) is 3. The molecule has 12 N–H and O–H groups in total. The van der Waals surface area contributed by atoms with E-state index in [2.05, 4.69) is 37.2 Å². The summed E-state index contributed by atoms with van der Waals surface area (Å²) in [5, 5.41) is 64.8. The van der Waals surface area contributed by atoms with Crippen molar-refractivity contribution in [1.29, 1.82) is 0 Å². The minimum absolute atomic E-state index is 0.0436. The number of benzene rings is 2. The van der Waals surface area contributed by atoms with Crippen molar-refractivity contribution in [2.75, 3.05) is 0 Å². The van der Waals surface area contributed by atoms with Crippen LogP contribution < -0.4 is 37.2 Å². The monoisotopic (exact) mass is 885 g/mol. The highest BCUT2D eigenvalue weighted by atomic mass is 16.4. The lowest BCUT2D eigenvalue weighted by Crippen LogP contribution is -2.61. The number of carboxylic acids is 3. The number of aliphatic carboxylic acids is 3. The second-order valence-corrected chi connectivity index (χ2v) is 15.2. The van der Waals surface area contributed by atoms with Crippen LogP contribution in [0.1, 0.15) is 65.0 Å². The fraction of sp³-hybridized carbons (Fsp3) is 0.463. The van der Waals surface area contributed by atoms with Crippen molar-refractivity contribution >= 4 is 59.3 Å². The molecule has 0 saturated heterocycles. The summed E-state index contributed by atoms with van der Waals surface area (Å²) in [6.45, 7) is 6.78. The van der Waals surface area contributed by atoms with E-state index in [9.17, 15) is 73.5 Å². The molecule has 0 bridgehead atoms. The Bertz CT molecular complexity index is 1960. The van der Waals surface area contributed by atoms with Gasteiger partial charge in [0, 0.05) is 19.8 Å². The first-order chi connectivity index (χ1) is 29.5. The van der Waals surface area contributed by atoms with E-state index in [0.29, 0.717) is 11.1 Å². The van der Waals surface area contributed by atoms with Crippen LogP contribution in [0.4, 0.5) is 0 Å². The highest BCUT2D eigenvalue weighted by Gasteiger charge is 2.35. The lowest BCUT2D eigenvalue weighted by Gasteiger charge is -2.28. The Morgan fingerprint density at radius 3 is 1.44 bits per heavy atom. The van der Waals surface area contributed by atoms with Crippen LogP contribution in [0.15, 0.2) is 54.6 Å². The van der Waals surface area contributed by atoms with Crippen molar-refractivity contribution in [3.8, 4) is 5.75 Å². The maximum absolute atomic E-state index is 13.6. The number of aromatic hydroxyl groups is 1. The summed E-state index contributed by atoms with van der Waals surface area (Å²) >= 11 is 0. The van der Waals surface area contributed by atoms with Crippen LogP contribution >= 0.6 is 0 Å². The third-order valence-electron chi connectivity index (χ3n) is 9.15. The second kappa shape index (κ2) is 25.0. The molecule has 0 unspecified atom stereocenters. The molecular formula is C41H55N7O15. The highest BCUT2D eigenvalue weighted by molar-refractivity contribution is 5.98. The van der Waals surface area contributed by atoms with Gasteiger partial charge in [0.2, 0.25) is 41.4 Å². The Balaban J connectivity index is 2.22. The summed E-state index contributed by atoms with van der Waals surface area (Å²) in [4.78, 5) is 127. The molecule has 2 rings (SSSR count). The first-order valence-electron chi connectivity index (χ1n) is 19.7. The standard InChI is InChI=1S/C41H55N7O15/c1-20(2)15-27(46-40(61)34(22(4)49)48-39(60)28(43-23(5)50)16-25-11-13-26(51)14-12-25)37(58)45-29(18-32(52)53)36(57)42-21(3)35(56)44-30(19-33(54)55)38(59)47-31(41(62)63)17-24-9-7-6-8-10-24/h6-14,20-22,27-31,34,49,51H,15-19H2,1-5H3,(H,42,57)(H,43,50)(H,44,56)(H,45,58)(H,46,61)(H,47,59)(H,48,60)(H,52,53)(H,54,55)(H,62,63)/t21-,22-,27-,28-,29-,30-,31-,34-/m0/s1. The molecule has 63 heavy (non-hydrogen) atoms. The molecule has 0 aromatic heterocycles. The summed E-state index contributed by atoms with van der Waals surface area (Å²) in [5.74, 6) is -12.1. The van der Waals surface area contributed by atoms with E-state index in [-0.39, 0.29) is 30.9 Å². The number of hydrogen-bond acceptors (Lipinski definition) is 12. The zero-order chi connectivity index (χ0) is 47.6. The topological polar surface area (TPSA) is 356 Å². The van der Waals surface area contributed by atoms with Gasteiger partial charge in [-0.3, -0.25) is 43.2 Å². The number of nitrogens with one attached hydrogen (secondary N) is 7. The number of carbonyl (C=O) groups is 10. The van der Waals surface area contributed by atoms with Gasteiger partial charge in [-0.05, 0) is 49.4 Å². The fourth-order valence-corrected chi connectivity index (χ4v) is 5.98. The molecular weight excluding hydrogens is 830 g/mol. The summed E-state index contributed by atoms with van der Waals surface area (Å²) in [7, 11) is 0. The van der Waals surface area contributed by atoms with E-state index in [1.807, 2.05) is 0 Å². The third kappa shape index (κ3) is 18.6. The Morgan fingerprint density at radius 1 is 0.508 bits per heavy atom. The number of aliphatic hydroxyl groups excluding tert-OH is 1. The van der Waals surface area contributed by atoms with Gasteiger partial charge in [-0.2, -0.15) is 0 Å². The molecule has 22 heteroatoms. The molecule has 0 radical (unpaired) electrons. The number of amides is 7. The quantitative estimate of drug-likeness (QED) is 0.0517. The first-order valence-corrected chi connectivity index (χ1v) is 19.7. The van der Waals surface area contributed by atoms with Crippen LogP contribution in [-0.4, -0.2) is 133 Å². The van der Waals surface area contributed by atoms with E-state index >= 15 is 0 Å². The third-order valence-corrected chi connectivity index (χ3v) is 9.15. The second-order valence-electron chi connectivity index (χ2n) is 15.2. The largest absolute Gasteiger partial charge is 0.508 e. The van der Waals surface area contributed by atoms with Crippen molar-refractivity contribution < 1.29 is 73.5 Å². The smallest absolute Gasteiger partial charge is 0.326 e. The van der Waals surface area contributed by atoms with Crippen molar-refractivity contribution in [3.63, 3.8) is 0 Å². The Labute approximate surface area is 362 Å². The van der Waals surface area contributed by atoms with Crippen LogP contribution in [0, 0.1) is 5.92 Å². The summed E-state index contributed by atoms with van der Waals surface area (Å²) in [5.41, 5.74) is 1.06. The van der Waals surface area contributed by atoms with Crippen LogP contribution in [0.5, 0.6) is 5.75 Å². The normalized spacial score (nSPS) is 14.7. The number of aliphatic hydroxyl groups is 1. The summed E-state index contributed by atoms with van der Waals surface area (Å²) < 4.78 is 0. The number of rotatable bonds is 25. The van der Waals surface area contributed by atoms with Crippen molar-refractivity contribution in [1.82, 2.24) is 37.2 Å². The zero-order valence-corrected chi connectivity index (χ0v) is 35.2. The Morgan fingerprint density at radius 2 is 0.952 bits per heavy atom.